The number of nitrogens with one attached hydrogen (secondary N) is 1. The molecule has 6 heteroatoms. The SMILES string of the molecule is O=C(/C=C/c1ccccn1)Nc1ccc(C(=O)N2CCOCC2)cc1. The lowest BCUT2D eigenvalue weighted by atomic mass is 10.1. The van der Waals surface area contributed by atoms with Gasteiger partial charge in [0.05, 0.1) is 18.9 Å². The summed E-state index contributed by atoms with van der Waals surface area (Å²) in [5.74, 6) is -0.269. The molecule has 2 amide bonds. The van der Waals surface area contributed by atoms with Crippen molar-refractivity contribution in [3.05, 3.63) is 66.0 Å². The van der Waals surface area contributed by atoms with Gasteiger partial charge >= 0.3 is 0 Å². The van der Waals surface area contributed by atoms with Gasteiger partial charge < -0.3 is 15.0 Å². The van der Waals surface area contributed by atoms with E-state index in [1.54, 1.807) is 41.4 Å². The molecule has 128 valence electrons. The molecule has 0 atom stereocenters. The molecule has 1 N–H and O–H groups in total. The summed E-state index contributed by atoms with van der Waals surface area (Å²) in [6.45, 7) is 2.36. The molecule has 1 aromatic carbocycles. The molecule has 0 radical (unpaired) electrons. The van der Waals surface area contributed by atoms with Crippen LogP contribution in [-0.2, 0) is 9.53 Å². The second-order valence-corrected chi connectivity index (χ2v) is 5.56. The van der Waals surface area contributed by atoms with Gasteiger partial charge in [-0.2, -0.15) is 0 Å². The Morgan fingerprint density at radius 2 is 1.84 bits per heavy atom. The minimum Gasteiger partial charge on any atom is -0.378 e. The molecular weight excluding hydrogens is 318 g/mol. The zero-order valence-electron chi connectivity index (χ0n) is 13.7. The van der Waals surface area contributed by atoms with Crippen LogP contribution in [-0.4, -0.2) is 48.0 Å². The topological polar surface area (TPSA) is 71.5 Å². The molecule has 0 aliphatic carbocycles. The van der Waals surface area contributed by atoms with Gasteiger partial charge in [-0.15, -0.1) is 0 Å². The minimum absolute atomic E-state index is 0.0174. The summed E-state index contributed by atoms with van der Waals surface area (Å²) >= 11 is 0. The quantitative estimate of drug-likeness (QED) is 0.868. The smallest absolute Gasteiger partial charge is 0.254 e. The van der Waals surface area contributed by atoms with E-state index in [2.05, 4.69) is 10.3 Å². The number of morpholine rings is 1. The van der Waals surface area contributed by atoms with Gasteiger partial charge in [-0.1, -0.05) is 6.07 Å². The molecule has 1 saturated heterocycles. The molecule has 1 aromatic heterocycles. The fourth-order valence-corrected chi connectivity index (χ4v) is 2.46. The van der Waals surface area contributed by atoms with Gasteiger partial charge in [-0.05, 0) is 42.5 Å². The van der Waals surface area contributed by atoms with Gasteiger partial charge in [0.25, 0.3) is 5.91 Å². The molecule has 0 spiro atoms. The summed E-state index contributed by atoms with van der Waals surface area (Å²) in [6, 6.07) is 12.4. The Kier molecular flexibility index (Phi) is 5.53. The third-order valence-corrected chi connectivity index (χ3v) is 3.79. The Labute approximate surface area is 146 Å². The monoisotopic (exact) mass is 337 g/mol. The van der Waals surface area contributed by atoms with E-state index in [4.69, 9.17) is 4.74 Å². The number of benzene rings is 1. The van der Waals surface area contributed by atoms with Gasteiger partial charge in [-0.25, -0.2) is 0 Å². The number of carbonyl (C=O) groups excluding carboxylic acids is 2. The average molecular weight is 337 g/mol. The van der Waals surface area contributed by atoms with Gasteiger partial charge in [0, 0.05) is 36.6 Å². The number of rotatable bonds is 4. The molecule has 1 aliphatic rings. The highest BCUT2D eigenvalue weighted by atomic mass is 16.5. The first-order chi connectivity index (χ1) is 12.2. The number of ether oxygens (including phenoxy) is 1. The summed E-state index contributed by atoms with van der Waals surface area (Å²) < 4.78 is 5.25. The Morgan fingerprint density at radius 3 is 2.52 bits per heavy atom. The van der Waals surface area contributed by atoms with Crippen molar-refractivity contribution in [2.45, 2.75) is 0 Å². The molecule has 25 heavy (non-hydrogen) atoms. The average Bonchev–Trinajstić information content (AvgIpc) is 2.68. The molecule has 2 heterocycles. The summed E-state index contributed by atoms with van der Waals surface area (Å²) in [5, 5.41) is 2.76. The second-order valence-electron chi connectivity index (χ2n) is 5.56. The maximum absolute atomic E-state index is 12.4. The Balaban J connectivity index is 1.57. The van der Waals surface area contributed by atoms with E-state index in [1.165, 1.54) is 6.08 Å². The fourth-order valence-electron chi connectivity index (χ4n) is 2.46. The van der Waals surface area contributed by atoms with Crippen LogP contribution in [0.5, 0.6) is 0 Å². The van der Waals surface area contributed by atoms with Crippen molar-refractivity contribution in [1.82, 2.24) is 9.88 Å². The molecule has 3 rings (SSSR count). The van der Waals surface area contributed by atoms with Crippen molar-refractivity contribution in [1.29, 1.82) is 0 Å². The predicted molar refractivity (Wildman–Crippen MR) is 95.1 cm³/mol. The third kappa shape index (κ3) is 4.74. The van der Waals surface area contributed by atoms with Crippen LogP contribution >= 0.6 is 0 Å². The number of carbonyl (C=O) groups is 2. The van der Waals surface area contributed by atoms with E-state index in [0.717, 1.165) is 0 Å². The first kappa shape index (κ1) is 16.9. The highest BCUT2D eigenvalue weighted by Crippen LogP contribution is 2.13. The van der Waals surface area contributed by atoms with Crippen LogP contribution in [0.15, 0.2) is 54.7 Å². The molecule has 0 unspecified atom stereocenters. The van der Waals surface area contributed by atoms with Crippen LogP contribution in [0.2, 0.25) is 0 Å². The minimum atomic E-state index is -0.252. The molecule has 1 aliphatic heterocycles. The van der Waals surface area contributed by atoms with Crippen molar-refractivity contribution >= 4 is 23.6 Å². The van der Waals surface area contributed by atoms with Crippen LogP contribution in [0.3, 0.4) is 0 Å². The van der Waals surface area contributed by atoms with Crippen molar-refractivity contribution < 1.29 is 14.3 Å². The predicted octanol–water partition coefficient (Wildman–Crippen LogP) is 2.21. The summed E-state index contributed by atoms with van der Waals surface area (Å²) in [7, 11) is 0. The zero-order chi connectivity index (χ0) is 17.5. The lowest BCUT2D eigenvalue weighted by Gasteiger charge is -2.26. The number of amides is 2. The summed E-state index contributed by atoms with van der Waals surface area (Å²) in [4.78, 5) is 30.2. The van der Waals surface area contributed by atoms with Crippen molar-refractivity contribution in [2.24, 2.45) is 0 Å². The number of hydrogen-bond donors (Lipinski definition) is 1. The number of nitrogens with zero attached hydrogens (tertiary/aromatic N) is 2. The molecule has 0 bridgehead atoms. The highest BCUT2D eigenvalue weighted by Gasteiger charge is 2.18. The lowest BCUT2D eigenvalue weighted by Crippen LogP contribution is -2.40. The van der Waals surface area contributed by atoms with Crippen LogP contribution < -0.4 is 5.32 Å². The van der Waals surface area contributed by atoms with Crippen molar-refractivity contribution in [3.63, 3.8) is 0 Å². The van der Waals surface area contributed by atoms with Gasteiger partial charge in [-0.3, -0.25) is 14.6 Å². The number of hydrogen-bond acceptors (Lipinski definition) is 4. The molecule has 2 aromatic rings. The van der Waals surface area contributed by atoms with Gasteiger partial charge in [0.2, 0.25) is 5.91 Å². The maximum Gasteiger partial charge on any atom is 0.254 e. The Bertz CT molecular complexity index is 751. The van der Waals surface area contributed by atoms with Gasteiger partial charge in [0.1, 0.15) is 0 Å². The fraction of sp³-hybridized carbons (Fsp3) is 0.211. The highest BCUT2D eigenvalue weighted by molar-refractivity contribution is 6.02. The van der Waals surface area contributed by atoms with E-state index >= 15 is 0 Å². The largest absolute Gasteiger partial charge is 0.378 e. The van der Waals surface area contributed by atoms with E-state index in [1.807, 2.05) is 18.2 Å². The number of pyridine rings is 1. The Hall–Kier alpha value is -2.99. The van der Waals surface area contributed by atoms with Crippen LogP contribution in [0.4, 0.5) is 5.69 Å². The Morgan fingerprint density at radius 1 is 1.08 bits per heavy atom. The summed E-state index contributed by atoms with van der Waals surface area (Å²) in [6.07, 6.45) is 4.74. The standard InChI is InChI=1S/C19H19N3O3/c23-18(9-8-16-3-1-2-10-20-16)21-17-6-4-15(5-7-17)19(24)22-11-13-25-14-12-22/h1-10H,11-14H2,(H,21,23)/b9-8+. The van der Waals surface area contributed by atoms with Crippen molar-refractivity contribution in [3.8, 4) is 0 Å². The normalized spacial score (nSPS) is 14.5. The molecular formula is C19H19N3O3. The lowest BCUT2D eigenvalue weighted by molar-refractivity contribution is -0.111. The molecule has 0 saturated carbocycles. The summed E-state index contributed by atoms with van der Waals surface area (Å²) in [5.41, 5.74) is 1.95. The number of anilines is 1. The molecule has 6 nitrogen and oxygen atoms in total. The first-order valence-corrected chi connectivity index (χ1v) is 8.09. The van der Waals surface area contributed by atoms with E-state index in [-0.39, 0.29) is 11.8 Å². The van der Waals surface area contributed by atoms with E-state index < -0.39 is 0 Å². The van der Waals surface area contributed by atoms with E-state index in [9.17, 15) is 9.59 Å². The van der Waals surface area contributed by atoms with Gasteiger partial charge in [0.15, 0.2) is 0 Å². The second kappa shape index (κ2) is 8.21. The zero-order valence-corrected chi connectivity index (χ0v) is 13.7. The molecule has 1 fully saturated rings. The van der Waals surface area contributed by atoms with E-state index in [0.29, 0.717) is 43.2 Å². The van der Waals surface area contributed by atoms with Crippen LogP contribution in [0.25, 0.3) is 6.08 Å². The maximum atomic E-state index is 12.4. The number of aromatic nitrogens is 1. The first-order valence-electron chi connectivity index (χ1n) is 8.09. The third-order valence-electron chi connectivity index (χ3n) is 3.79. The van der Waals surface area contributed by atoms with Crippen LogP contribution in [0.1, 0.15) is 16.1 Å². The van der Waals surface area contributed by atoms with Crippen molar-refractivity contribution in [2.75, 3.05) is 31.6 Å². The van der Waals surface area contributed by atoms with Crippen LogP contribution in [0, 0.1) is 0 Å².